The number of allylic oxidation sites excluding steroid dienone is 1. The summed E-state index contributed by atoms with van der Waals surface area (Å²) in [6, 6.07) is 10.4. The van der Waals surface area contributed by atoms with Gasteiger partial charge in [0.1, 0.15) is 6.54 Å². The van der Waals surface area contributed by atoms with Crippen LogP contribution in [0.25, 0.3) is 5.57 Å². The van der Waals surface area contributed by atoms with E-state index in [4.69, 9.17) is 6.42 Å². The monoisotopic (exact) mass is 214 g/mol. The highest BCUT2D eigenvalue weighted by molar-refractivity contribution is 5.62. The molecule has 0 aliphatic rings. The number of rotatable bonds is 6. The third-order valence-corrected chi connectivity index (χ3v) is 2.67. The van der Waals surface area contributed by atoms with Gasteiger partial charge in [0.2, 0.25) is 0 Å². The summed E-state index contributed by atoms with van der Waals surface area (Å²) < 4.78 is 0. The van der Waals surface area contributed by atoms with Crippen molar-refractivity contribution in [2.24, 2.45) is 0 Å². The minimum Gasteiger partial charge on any atom is -0.327 e. The summed E-state index contributed by atoms with van der Waals surface area (Å²) in [5.41, 5.74) is 2.46. The van der Waals surface area contributed by atoms with Crippen molar-refractivity contribution in [3.8, 4) is 12.3 Å². The van der Waals surface area contributed by atoms with Gasteiger partial charge in [0, 0.05) is 6.42 Å². The van der Waals surface area contributed by atoms with Crippen LogP contribution in [-0.2, 0) is 0 Å². The van der Waals surface area contributed by atoms with Crippen LogP contribution in [0.5, 0.6) is 0 Å². The molecule has 0 spiro atoms. The van der Waals surface area contributed by atoms with Crippen LogP contribution < -0.4 is 4.90 Å². The molecule has 0 saturated carbocycles. The minimum absolute atomic E-state index is 0.803. The molecule has 0 radical (unpaired) electrons. The Bertz CT molecular complexity index is 359. The minimum atomic E-state index is 0.803. The Morgan fingerprint density at radius 2 is 2.06 bits per heavy atom. The maximum absolute atomic E-state index is 5.26. The molecule has 0 bridgehead atoms. The maximum atomic E-state index is 5.26. The van der Waals surface area contributed by atoms with Gasteiger partial charge in [-0.25, -0.2) is 0 Å². The lowest BCUT2D eigenvalue weighted by molar-refractivity contribution is -0.872. The van der Waals surface area contributed by atoms with Crippen LogP contribution in [-0.4, -0.2) is 20.1 Å². The predicted molar refractivity (Wildman–Crippen MR) is 70.2 cm³/mol. The molecule has 0 aliphatic heterocycles. The van der Waals surface area contributed by atoms with Crippen LogP contribution in [0.4, 0.5) is 0 Å². The van der Waals surface area contributed by atoms with Crippen LogP contribution in [0.2, 0.25) is 0 Å². The van der Waals surface area contributed by atoms with Crippen molar-refractivity contribution in [1.82, 2.24) is 0 Å². The second-order valence-corrected chi connectivity index (χ2v) is 4.16. The first-order chi connectivity index (χ1) is 7.74. The molecule has 1 nitrogen and oxygen atoms in total. The zero-order valence-corrected chi connectivity index (χ0v) is 10.00. The van der Waals surface area contributed by atoms with Crippen molar-refractivity contribution in [2.45, 2.75) is 12.8 Å². The third-order valence-electron chi connectivity index (χ3n) is 2.67. The Kier molecular flexibility index (Phi) is 5.39. The molecule has 1 N–H and O–H groups in total. The van der Waals surface area contributed by atoms with Gasteiger partial charge in [0.25, 0.3) is 0 Å². The zero-order valence-electron chi connectivity index (χ0n) is 10.00. The zero-order chi connectivity index (χ0) is 11.8. The van der Waals surface area contributed by atoms with E-state index < -0.39 is 0 Å². The van der Waals surface area contributed by atoms with E-state index in [0.29, 0.717) is 0 Å². The fourth-order valence-electron chi connectivity index (χ4n) is 1.68. The van der Waals surface area contributed by atoms with Crippen molar-refractivity contribution in [3.63, 3.8) is 0 Å². The Balaban J connectivity index is 2.29. The molecule has 16 heavy (non-hydrogen) atoms. The van der Waals surface area contributed by atoms with E-state index in [-0.39, 0.29) is 0 Å². The number of benzene rings is 1. The number of quaternary nitrogens is 1. The first kappa shape index (κ1) is 12.5. The molecule has 1 atom stereocenters. The second-order valence-electron chi connectivity index (χ2n) is 4.16. The summed E-state index contributed by atoms with van der Waals surface area (Å²) in [4.78, 5) is 1.39. The molecule has 0 saturated heterocycles. The Hall–Kier alpha value is -1.52. The largest absolute Gasteiger partial charge is 0.327 e. The lowest BCUT2D eigenvalue weighted by Crippen LogP contribution is -3.08. The highest BCUT2D eigenvalue weighted by atomic mass is 15.1. The molecule has 1 aromatic rings. The third kappa shape index (κ3) is 4.33. The number of hydrogen-bond donors (Lipinski definition) is 1. The van der Waals surface area contributed by atoms with E-state index in [0.717, 1.165) is 25.9 Å². The SMILES string of the molecule is C#CC[NH+](C)CCCC(=C)c1ccccc1. The fraction of sp³-hybridized carbons (Fsp3) is 0.333. The molecule has 0 aromatic heterocycles. The molecule has 84 valence electrons. The fourth-order valence-corrected chi connectivity index (χ4v) is 1.68. The van der Waals surface area contributed by atoms with Crippen LogP contribution in [0.15, 0.2) is 36.9 Å². The van der Waals surface area contributed by atoms with E-state index in [9.17, 15) is 0 Å². The lowest BCUT2D eigenvalue weighted by Gasteiger charge is -2.11. The van der Waals surface area contributed by atoms with Gasteiger partial charge in [-0.1, -0.05) is 36.9 Å². The number of terminal acetylenes is 1. The van der Waals surface area contributed by atoms with Crippen LogP contribution in [0.3, 0.4) is 0 Å². The molecule has 1 rings (SSSR count). The molecule has 0 fully saturated rings. The van der Waals surface area contributed by atoms with Crippen LogP contribution in [0, 0.1) is 12.3 Å². The summed E-state index contributed by atoms with van der Waals surface area (Å²) in [5, 5.41) is 0. The quantitative estimate of drug-likeness (QED) is 0.687. The molecule has 1 unspecified atom stereocenters. The van der Waals surface area contributed by atoms with Crippen molar-refractivity contribution < 1.29 is 4.90 Å². The Morgan fingerprint density at radius 3 is 2.69 bits per heavy atom. The summed E-state index contributed by atoms with van der Waals surface area (Å²) in [6.07, 6.45) is 7.45. The molecular weight excluding hydrogens is 194 g/mol. The molecule has 0 amide bonds. The Morgan fingerprint density at radius 1 is 1.38 bits per heavy atom. The topological polar surface area (TPSA) is 4.44 Å². The summed E-state index contributed by atoms with van der Waals surface area (Å²) in [5.74, 6) is 2.68. The molecule has 0 aliphatic carbocycles. The van der Waals surface area contributed by atoms with Gasteiger partial charge >= 0.3 is 0 Å². The van der Waals surface area contributed by atoms with Gasteiger partial charge in [-0.15, -0.1) is 6.42 Å². The average molecular weight is 214 g/mol. The van der Waals surface area contributed by atoms with Crippen LogP contribution in [0.1, 0.15) is 18.4 Å². The van der Waals surface area contributed by atoms with Gasteiger partial charge in [-0.05, 0) is 23.5 Å². The predicted octanol–water partition coefficient (Wildman–Crippen LogP) is 1.63. The van der Waals surface area contributed by atoms with Gasteiger partial charge in [-0.2, -0.15) is 0 Å². The maximum Gasteiger partial charge on any atom is 0.138 e. The van der Waals surface area contributed by atoms with E-state index >= 15 is 0 Å². The van der Waals surface area contributed by atoms with Crippen LogP contribution >= 0.6 is 0 Å². The van der Waals surface area contributed by atoms with E-state index in [1.54, 1.807) is 0 Å². The van der Waals surface area contributed by atoms with Gasteiger partial charge in [-0.3, -0.25) is 0 Å². The highest BCUT2D eigenvalue weighted by Crippen LogP contribution is 2.16. The molecular formula is C15H20N+. The molecule has 1 aromatic carbocycles. The first-order valence-electron chi connectivity index (χ1n) is 5.72. The van der Waals surface area contributed by atoms with Crippen molar-refractivity contribution >= 4 is 5.57 Å². The smallest absolute Gasteiger partial charge is 0.138 e. The number of nitrogens with one attached hydrogen (secondary N) is 1. The van der Waals surface area contributed by atoms with Crippen molar-refractivity contribution in [3.05, 3.63) is 42.5 Å². The second kappa shape index (κ2) is 6.87. The van der Waals surface area contributed by atoms with Crippen molar-refractivity contribution in [1.29, 1.82) is 0 Å². The van der Waals surface area contributed by atoms with Gasteiger partial charge in [0.15, 0.2) is 0 Å². The summed E-state index contributed by atoms with van der Waals surface area (Å²) >= 11 is 0. The Labute approximate surface area is 98.8 Å². The lowest BCUT2D eigenvalue weighted by atomic mass is 10.0. The number of hydrogen-bond acceptors (Lipinski definition) is 0. The normalized spacial score (nSPS) is 11.8. The van der Waals surface area contributed by atoms with E-state index in [2.05, 4.69) is 43.8 Å². The van der Waals surface area contributed by atoms with Crippen molar-refractivity contribution in [2.75, 3.05) is 20.1 Å². The highest BCUT2D eigenvalue weighted by Gasteiger charge is 2.01. The van der Waals surface area contributed by atoms with E-state index in [1.807, 2.05) is 6.07 Å². The first-order valence-corrected chi connectivity index (χ1v) is 5.72. The van der Waals surface area contributed by atoms with Gasteiger partial charge < -0.3 is 4.90 Å². The average Bonchev–Trinajstić information content (AvgIpc) is 2.30. The summed E-state index contributed by atoms with van der Waals surface area (Å²) in [6.45, 7) is 6.03. The molecule has 0 heterocycles. The van der Waals surface area contributed by atoms with Gasteiger partial charge in [0.05, 0.1) is 13.6 Å². The van der Waals surface area contributed by atoms with E-state index in [1.165, 1.54) is 16.0 Å². The molecule has 1 heteroatoms. The standard InChI is InChI=1S/C15H19N/c1-4-12-16(3)13-8-9-14(2)15-10-6-5-7-11-15/h1,5-7,10-11H,2,8-9,12-13H2,3H3/p+1. The summed E-state index contributed by atoms with van der Waals surface area (Å²) in [7, 11) is 2.13.